The maximum Gasteiger partial charge on any atom is 0.349 e. The number of nitrogens with zero attached hydrogens (tertiary/aromatic N) is 1. The Bertz CT molecular complexity index is 406. The first-order valence-corrected chi connectivity index (χ1v) is 4.99. The molecule has 0 aromatic heterocycles. The van der Waals surface area contributed by atoms with Gasteiger partial charge in [-0.05, 0) is 39.0 Å². The van der Waals surface area contributed by atoms with Crippen LogP contribution in [0.5, 0.6) is 0 Å². The lowest BCUT2D eigenvalue weighted by atomic mass is 10.2. The molecule has 0 atom stereocenters. The fraction of sp³-hybridized carbons (Fsp3) is 0.333. The van der Waals surface area contributed by atoms with Crippen LogP contribution in [0.15, 0.2) is 29.3 Å². The van der Waals surface area contributed by atoms with Crippen LogP contribution < -0.4 is 5.73 Å². The SMILES string of the molecule is CC(C)(C)OC(=O)/C=N/c1cccc(N)c1. The number of benzene rings is 1. The smallest absolute Gasteiger partial charge is 0.349 e. The van der Waals surface area contributed by atoms with Crippen LogP contribution in [0.3, 0.4) is 0 Å². The molecule has 4 heteroatoms. The van der Waals surface area contributed by atoms with E-state index in [2.05, 4.69) is 4.99 Å². The molecule has 0 aliphatic heterocycles. The second-order valence-corrected chi connectivity index (χ2v) is 4.39. The van der Waals surface area contributed by atoms with Gasteiger partial charge in [0.25, 0.3) is 0 Å². The second kappa shape index (κ2) is 4.79. The van der Waals surface area contributed by atoms with Gasteiger partial charge in [0, 0.05) is 5.69 Å². The number of anilines is 1. The molecule has 0 fully saturated rings. The lowest BCUT2D eigenvalue weighted by molar-refractivity contribution is -0.145. The summed E-state index contributed by atoms with van der Waals surface area (Å²) in [6.45, 7) is 5.41. The Morgan fingerprint density at radius 1 is 1.44 bits per heavy atom. The number of esters is 1. The number of nitrogen functional groups attached to an aromatic ring is 1. The molecule has 0 spiro atoms. The Morgan fingerprint density at radius 2 is 2.12 bits per heavy atom. The van der Waals surface area contributed by atoms with Gasteiger partial charge in [0.2, 0.25) is 0 Å². The minimum absolute atomic E-state index is 0.463. The summed E-state index contributed by atoms with van der Waals surface area (Å²) >= 11 is 0. The van der Waals surface area contributed by atoms with Crippen molar-refractivity contribution >= 4 is 23.6 Å². The number of hydrogen-bond donors (Lipinski definition) is 1. The highest BCUT2D eigenvalue weighted by atomic mass is 16.6. The molecule has 0 heterocycles. The van der Waals surface area contributed by atoms with Gasteiger partial charge in [0.15, 0.2) is 0 Å². The lowest BCUT2D eigenvalue weighted by Crippen LogP contribution is -2.24. The molecule has 86 valence electrons. The van der Waals surface area contributed by atoms with Gasteiger partial charge in [0.1, 0.15) is 11.8 Å². The van der Waals surface area contributed by atoms with E-state index in [1.165, 1.54) is 0 Å². The molecule has 2 N–H and O–H groups in total. The van der Waals surface area contributed by atoms with Crippen LogP contribution in [0.4, 0.5) is 11.4 Å². The van der Waals surface area contributed by atoms with E-state index in [9.17, 15) is 4.79 Å². The lowest BCUT2D eigenvalue weighted by Gasteiger charge is -2.17. The largest absolute Gasteiger partial charge is 0.456 e. The van der Waals surface area contributed by atoms with Crippen LogP contribution in [-0.4, -0.2) is 17.8 Å². The first kappa shape index (κ1) is 12.2. The first-order valence-electron chi connectivity index (χ1n) is 4.99. The Kier molecular flexibility index (Phi) is 3.66. The van der Waals surface area contributed by atoms with E-state index in [1.54, 1.807) is 45.0 Å². The Hall–Kier alpha value is -1.84. The molecule has 0 unspecified atom stereocenters. The number of carbonyl (C=O) groups excluding carboxylic acids is 1. The third kappa shape index (κ3) is 4.59. The van der Waals surface area contributed by atoms with Crippen LogP contribution in [0.2, 0.25) is 0 Å². The number of rotatable bonds is 2. The normalized spacial score (nSPS) is 11.7. The summed E-state index contributed by atoms with van der Waals surface area (Å²) in [5.74, 6) is -0.463. The highest BCUT2D eigenvalue weighted by Gasteiger charge is 2.14. The maximum absolute atomic E-state index is 11.3. The molecule has 0 bridgehead atoms. The topological polar surface area (TPSA) is 64.7 Å². The summed E-state index contributed by atoms with van der Waals surface area (Å²) in [6, 6.07) is 6.97. The van der Waals surface area contributed by atoms with Gasteiger partial charge in [-0.25, -0.2) is 9.79 Å². The van der Waals surface area contributed by atoms with Crippen molar-refractivity contribution in [2.75, 3.05) is 5.73 Å². The number of aliphatic imine (C=N–C) groups is 1. The van der Waals surface area contributed by atoms with Crippen molar-refractivity contribution in [3.8, 4) is 0 Å². The van der Waals surface area contributed by atoms with E-state index >= 15 is 0 Å². The van der Waals surface area contributed by atoms with Crippen LogP contribution in [-0.2, 0) is 9.53 Å². The van der Waals surface area contributed by atoms with Crippen LogP contribution in [0.25, 0.3) is 0 Å². The molecule has 1 aromatic carbocycles. The highest BCUT2D eigenvalue weighted by molar-refractivity contribution is 6.23. The Labute approximate surface area is 95.1 Å². The summed E-state index contributed by atoms with van der Waals surface area (Å²) in [5, 5.41) is 0. The molecule has 4 nitrogen and oxygen atoms in total. The second-order valence-electron chi connectivity index (χ2n) is 4.39. The summed E-state index contributed by atoms with van der Waals surface area (Å²) in [7, 11) is 0. The zero-order valence-electron chi connectivity index (χ0n) is 9.73. The van der Waals surface area contributed by atoms with Gasteiger partial charge in [-0.1, -0.05) is 6.07 Å². The molecule has 0 saturated heterocycles. The van der Waals surface area contributed by atoms with Crippen molar-refractivity contribution in [3.63, 3.8) is 0 Å². The van der Waals surface area contributed by atoms with E-state index in [1.807, 2.05) is 0 Å². The molecular weight excluding hydrogens is 204 g/mol. The van der Waals surface area contributed by atoms with Crippen LogP contribution in [0, 0.1) is 0 Å². The number of hydrogen-bond acceptors (Lipinski definition) is 4. The van der Waals surface area contributed by atoms with Crippen molar-refractivity contribution in [2.24, 2.45) is 4.99 Å². The Morgan fingerprint density at radius 3 is 2.69 bits per heavy atom. The van der Waals surface area contributed by atoms with Crippen molar-refractivity contribution in [1.82, 2.24) is 0 Å². The molecule has 1 rings (SSSR count). The van der Waals surface area contributed by atoms with Crippen molar-refractivity contribution < 1.29 is 9.53 Å². The third-order valence-electron chi connectivity index (χ3n) is 1.60. The van der Waals surface area contributed by atoms with Crippen molar-refractivity contribution in [1.29, 1.82) is 0 Å². The highest BCUT2D eigenvalue weighted by Crippen LogP contribution is 2.14. The summed E-state index contributed by atoms with van der Waals surface area (Å²) in [5.41, 5.74) is 6.32. The molecule has 0 saturated carbocycles. The van der Waals surface area contributed by atoms with E-state index in [4.69, 9.17) is 10.5 Å². The fourth-order valence-corrected chi connectivity index (χ4v) is 1.06. The van der Waals surface area contributed by atoms with Gasteiger partial charge >= 0.3 is 5.97 Å². The molecule has 0 aliphatic carbocycles. The van der Waals surface area contributed by atoms with Crippen molar-refractivity contribution in [3.05, 3.63) is 24.3 Å². The van der Waals surface area contributed by atoms with Gasteiger partial charge in [0.05, 0.1) is 5.69 Å². The van der Waals surface area contributed by atoms with Crippen LogP contribution in [0.1, 0.15) is 20.8 Å². The minimum Gasteiger partial charge on any atom is -0.456 e. The third-order valence-corrected chi connectivity index (χ3v) is 1.60. The minimum atomic E-state index is -0.501. The number of nitrogens with two attached hydrogens (primary N) is 1. The summed E-state index contributed by atoms with van der Waals surface area (Å²) in [6.07, 6.45) is 1.15. The summed E-state index contributed by atoms with van der Waals surface area (Å²) in [4.78, 5) is 15.3. The van der Waals surface area contributed by atoms with Gasteiger partial charge in [-0.2, -0.15) is 0 Å². The van der Waals surface area contributed by atoms with E-state index in [0.717, 1.165) is 6.21 Å². The molecule has 16 heavy (non-hydrogen) atoms. The standard InChI is InChI=1S/C12H16N2O2/c1-12(2,3)16-11(15)8-14-10-6-4-5-9(13)7-10/h4-8H,13H2,1-3H3/b14-8+. The monoisotopic (exact) mass is 220 g/mol. The molecule has 0 radical (unpaired) electrons. The zero-order chi connectivity index (χ0) is 12.2. The number of carbonyl (C=O) groups is 1. The average Bonchev–Trinajstić information content (AvgIpc) is 2.12. The average molecular weight is 220 g/mol. The van der Waals surface area contributed by atoms with Gasteiger partial charge < -0.3 is 10.5 Å². The molecule has 1 aromatic rings. The molecule has 0 amide bonds. The predicted octanol–water partition coefficient (Wildman–Crippen LogP) is 2.31. The number of ether oxygens (including phenoxy) is 1. The van der Waals surface area contributed by atoms with Crippen LogP contribution >= 0.6 is 0 Å². The molecule has 0 aliphatic rings. The molecular formula is C12H16N2O2. The fourth-order valence-electron chi connectivity index (χ4n) is 1.06. The summed E-state index contributed by atoms with van der Waals surface area (Å²) < 4.78 is 5.07. The van der Waals surface area contributed by atoms with Gasteiger partial charge in [-0.3, -0.25) is 0 Å². The maximum atomic E-state index is 11.3. The van der Waals surface area contributed by atoms with E-state index in [-0.39, 0.29) is 0 Å². The zero-order valence-corrected chi connectivity index (χ0v) is 9.73. The quantitative estimate of drug-likeness (QED) is 0.472. The van der Waals surface area contributed by atoms with Gasteiger partial charge in [-0.15, -0.1) is 0 Å². The van der Waals surface area contributed by atoms with E-state index in [0.29, 0.717) is 11.4 Å². The van der Waals surface area contributed by atoms with E-state index < -0.39 is 11.6 Å². The first-order chi connectivity index (χ1) is 7.37. The van der Waals surface area contributed by atoms with Crippen molar-refractivity contribution in [2.45, 2.75) is 26.4 Å². The predicted molar refractivity (Wildman–Crippen MR) is 64.9 cm³/mol. The Balaban J connectivity index is 2.64.